The second-order valence-corrected chi connectivity index (χ2v) is 4.20. The Morgan fingerprint density at radius 2 is 2.35 bits per heavy atom. The van der Waals surface area contributed by atoms with E-state index in [9.17, 15) is 4.79 Å². The summed E-state index contributed by atoms with van der Waals surface area (Å²) in [5.41, 5.74) is 1.81. The highest BCUT2D eigenvalue weighted by Crippen LogP contribution is 2.37. The Kier molecular flexibility index (Phi) is 3.22. The molecule has 0 spiro atoms. The third-order valence-electron chi connectivity index (χ3n) is 2.61. The van der Waals surface area contributed by atoms with Crippen LogP contribution in [0.3, 0.4) is 0 Å². The Bertz CT molecular complexity index is 443. The quantitative estimate of drug-likeness (QED) is 0.875. The lowest BCUT2D eigenvalue weighted by atomic mass is 10.1. The number of benzene rings is 1. The summed E-state index contributed by atoms with van der Waals surface area (Å²) in [4.78, 5) is 11.1. The van der Waals surface area contributed by atoms with Crippen LogP contribution in [0.15, 0.2) is 12.1 Å². The van der Waals surface area contributed by atoms with Crippen molar-refractivity contribution < 1.29 is 14.3 Å². The summed E-state index contributed by atoms with van der Waals surface area (Å²) in [6.45, 7) is 6.00. The molecule has 4 heteroatoms. The number of rotatable bonds is 3. The first kappa shape index (κ1) is 11.8. The summed E-state index contributed by atoms with van der Waals surface area (Å²) in [5, 5.41) is 2.76. The Morgan fingerprint density at radius 1 is 1.59 bits per heavy atom. The summed E-state index contributed by atoms with van der Waals surface area (Å²) < 4.78 is 11.2. The molecule has 1 N–H and O–H groups in total. The van der Waals surface area contributed by atoms with Crippen molar-refractivity contribution in [3.8, 4) is 11.5 Å². The van der Waals surface area contributed by atoms with Crippen molar-refractivity contribution in [1.29, 1.82) is 0 Å². The van der Waals surface area contributed by atoms with E-state index in [1.54, 1.807) is 0 Å². The standard InChI is InChI=1S/C13H17NO3/c1-4-16-13-6-10-5-8(2)17-12(10)7-11(13)14-9(3)15/h6-8H,4-5H2,1-3H3,(H,14,15)/t8-/m1/s1. The van der Waals surface area contributed by atoms with E-state index in [1.165, 1.54) is 6.92 Å². The third-order valence-corrected chi connectivity index (χ3v) is 2.61. The average molecular weight is 235 g/mol. The Balaban J connectivity index is 2.36. The maximum absolute atomic E-state index is 11.1. The van der Waals surface area contributed by atoms with Gasteiger partial charge in [-0.2, -0.15) is 0 Å². The van der Waals surface area contributed by atoms with Crippen LogP contribution in [-0.2, 0) is 11.2 Å². The molecule has 1 aromatic carbocycles. The topological polar surface area (TPSA) is 47.6 Å². The fourth-order valence-corrected chi connectivity index (χ4v) is 2.00. The Hall–Kier alpha value is -1.71. The minimum Gasteiger partial charge on any atom is -0.492 e. The average Bonchev–Trinajstić information content (AvgIpc) is 2.57. The summed E-state index contributed by atoms with van der Waals surface area (Å²) in [6.07, 6.45) is 1.07. The second-order valence-electron chi connectivity index (χ2n) is 4.20. The number of hydrogen-bond acceptors (Lipinski definition) is 3. The zero-order chi connectivity index (χ0) is 12.4. The smallest absolute Gasteiger partial charge is 0.221 e. The SMILES string of the molecule is CCOc1cc2c(cc1NC(C)=O)O[C@H](C)C2. The van der Waals surface area contributed by atoms with Gasteiger partial charge < -0.3 is 14.8 Å². The van der Waals surface area contributed by atoms with Gasteiger partial charge in [0.15, 0.2) is 0 Å². The molecular weight excluding hydrogens is 218 g/mol. The number of fused-ring (bicyclic) bond motifs is 1. The van der Waals surface area contributed by atoms with Gasteiger partial charge in [-0.25, -0.2) is 0 Å². The van der Waals surface area contributed by atoms with E-state index in [2.05, 4.69) is 5.32 Å². The number of carbonyl (C=O) groups excluding carboxylic acids is 1. The largest absolute Gasteiger partial charge is 0.492 e. The number of carbonyl (C=O) groups is 1. The van der Waals surface area contributed by atoms with Gasteiger partial charge >= 0.3 is 0 Å². The van der Waals surface area contributed by atoms with Crippen molar-refractivity contribution in [1.82, 2.24) is 0 Å². The molecule has 4 nitrogen and oxygen atoms in total. The van der Waals surface area contributed by atoms with Crippen LogP contribution in [0.4, 0.5) is 5.69 Å². The zero-order valence-corrected chi connectivity index (χ0v) is 10.4. The molecule has 1 aliphatic heterocycles. The van der Waals surface area contributed by atoms with E-state index in [1.807, 2.05) is 26.0 Å². The molecule has 0 saturated carbocycles. The molecule has 1 aliphatic rings. The maximum Gasteiger partial charge on any atom is 0.221 e. The van der Waals surface area contributed by atoms with Gasteiger partial charge in [-0.3, -0.25) is 4.79 Å². The Labute approximate surface area is 101 Å². The third kappa shape index (κ3) is 2.52. The fraction of sp³-hybridized carbons (Fsp3) is 0.462. The molecule has 0 unspecified atom stereocenters. The number of nitrogens with one attached hydrogen (secondary N) is 1. The van der Waals surface area contributed by atoms with Gasteiger partial charge in [0.25, 0.3) is 0 Å². The van der Waals surface area contributed by atoms with Gasteiger partial charge in [0.1, 0.15) is 17.6 Å². The van der Waals surface area contributed by atoms with Crippen LogP contribution in [0.25, 0.3) is 0 Å². The molecule has 0 aromatic heterocycles. The number of hydrogen-bond donors (Lipinski definition) is 1. The van der Waals surface area contributed by atoms with Crippen molar-refractivity contribution in [2.45, 2.75) is 33.3 Å². The minimum atomic E-state index is -0.114. The molecule has 0 radical (unpaired) electrons. The molecule has 1 heterocycles. The van der Waals surface area contributed by atoms with Crippen LogP contribution in [0.2, 0.25) is 0 Å². The van der Waals surface area contributed by atoms with Crippen molar-refractivity contribution in [2.75, 3.05) is 11.9 Å². The first-order chi connectivity index (χ1) is 8.10. The number of anilines is 1. The highest BCUT2D eigenvalue weighted by Gasteiger charge is 2.22. The van der Waals surface area contributed by atoms with Gasteiger partial charge in [-0.1, -0.05) is 0 Å². The van der Waals surface area contributed by atoms with Crippen LogP contribution < -0.4 is 14.8 Å². The van der Waals surface area contributed by atoms with E-state index < -0.39 is 0 Å². The lowest BCUT2D eigenvalue weighted by Crippen LogP contribution is -2.08. The van der Waals surface area contributed by atoms with Crippen molar-refractivity contribution in [3.63, 3.8) is 0 Å². The molecule has 17 heavy (non-hydrogen) atoms. The molecule has 1 atom stereocenters. The molecule has 92 valence electrons. The lowest BCUT2D eigenvalue weighted by molar-refractivity contribution is -0.114. The molecule has 1 amide bonds. The first-order valence-electron chi connectivity index (χ1n) is 5.84. The summed E-state index contributed by atoms with van der Waals surface area (Å²) in [6, 6.07) is 3.79. The van der Waals surface area contributed by atoms with Crippen molar-refractivity contribution in [3.05, 3.63) is 17.7 Å². The van der Waals surface area contributed by atoms with E-state index >= 15 is 0 Å². The van der Waals surface area contributed by atoms with Gasteiger partial charge in [-0.15, -0.1) is 0 Å². The van der Waals surface area contributed by atoms with Crippen molar-refractivity contribution in [2.24, 2.45) is 0 Å². The molecule has 2 rings (SSSR count). The normalized spacial score (nSPS) is 17.2. The van der Waals surface area contributed by atoms with Crippen LogP contribution in [0.1, 0.15) is 26.3 Å². The van der Waals surface area contributed by atoms with E-state index in [0.29, 0.717) is 18.0 Å². The highest BCUT2D eigenvalue weighted by molar-refractivity contribution is 5.91. The fourth-order valence-electron chi connectivity index (χ4n) is 2.00. The number of amides is 1. The van der Waals surface area contributed by atoms with Gasteiger partial charge in [0.05, 0.1) is 12.3 Å². The molecule has 0 fully saturated rings. The van der Waals surface area contributed by atoms with Crippen LogP contribution in [0, 0.1) is 0 Å². The Morgan fingerprint density at radius 3 is 3.00 bits per heavy atom. The molecule has 0 bridgehead atoms. The molecule has 0 saturated heterocycles. The van der Waals surface area contributed by atoms with E-state index in [0.717, 1.165) is 17.7 Å². The van der Waals surface area contributed by atoms with Crippen LogP contribution in [0.5, 0.6) is 11.5 Å². The van der Waals surface area contributed by atoms with E-state index in [-0.39, 0.29) is 12.0 Å². The minimum absolute atomic E-state index is 0.114. The zero-order valence-electron chi connectivity index (χ0n) is 10.4. The summed E-state index contributed by atoms with van der Waals surface area (Å²) in [7, 11) is 0. The lowest BCUT2D eigenvalue weighted by Gasteiger charge is -2.12. The van der Waals surface area contributed by atoms with Gasteiger partial charge in [-0.05, 0) is 19.9 Å². The predicted octanol–water partition coefficient (Wildman–Crippen LogP) is 2.37. The van der Waals surface area contributed by atoms with Crippen molar-refractivity contribution >= 4 is 11.6 Å². The summed E-state index contributed by atoms with van der Waals surface area (Å²) >= 11 is 0. The summed E-state index contributed by atoms with van der Waals surface area (Å²) in [5.74, 6) is 1.43. The monoisotopic (exact) mass is 235 g/mol. The second kappa shape index (κ2) is 4.65. The molecular formula is C13H17NO3. The van der Waals surface area contributed by atoms with Gasteiger partial charge in [0, 0.05) is 25.0 Å². The van der Waals surface area contributed by atoms with Gasteiger partial charge in [0.2, 0.25) is 5.91 Å². The van der Waals surface area contributed by atoms with Crippen LogP contribution in [-0.4, -0.2) is 18.6 Å². The highest BCUT2D eigenvalue weighted by atomic mass is 16.5. The first-order valence-corrected chi connectivity index (χ1v) is 5.84. The molecule has 0 aliphatic carbocycles. The number of ether oxygens (including phenoxy) is 2. The molecule has 1 aromatic rings. The maximum atomic E-state index is 11.1. The van der Waals surface area contributed by atoms with E-state index in [4.69, 9.17) is 9.47 Å². The van der Waals surface area contributed by atoms with Crippen LogP contribution >= 0.6 is 0 Å². The predicted molar refractivity (Wildman–Crippen MR) is 65.7 cm³/mol.